The maximum atomic E-state index is 13.2. The molecule has 1 aliphatic carbocycles. The summed E-state index contributed by atoms with van der Waals surface area (Å²) in [6.07, 6.45) is 5.36. The number of halogens is 2. The zero-order valence-corrected chi connectivity index (χ0v) is 20.0. The summed E-state index contributed by atoms with van der Waals surface area (Å²) in [6.45, 7) is 7.85. The molecule has 0 aliphatic heterocycles. The van der Waals surface area contributed by atoms with Crippen molar-refractivity contribution in [3.05, 3.63) is 48.2 Å². The minimum Gasteiger partial charge on any atom is -0.310 e. The zero-order chi connectivity index (χ0) is 25.3. The summed E-state index contributed by atoms with van der Waals surface area (Å²) in [5.74, 6) is -4.85. The predicted octanol–water partition coefficient (Wildman–Crippen LogP) is 5.25. The van der Waals surface area contributed by atoms with Gasteiger partial charge in [-0.25, -0.2) is 23.3 Å². The van der Waals surface area contributed by atoms with Crippen LogP contribution in [-0.4, -0.2) is 42.2 Å². The number of amides is 1. The first-order valence-corrected chi connectivity index (χ1v) is 11.6. The normalized spacial score (nSPS) is 16.0. The molecule has 4 aromatic rings. The van der Waals surface area contributed by atoms with Gasteiger partial charge in [-0.3, -0.25) is 14.6 Å². The Balaban J connectivity index is 0.00000141. The van der Waals surface area contributed by atoms with Crippen molar-refractivity contribution in [1.82, 2.24) is 24.6 Å². The maximum Gasteiger partial charge on any atom is 0.260 e. The third-order valence-corrected chi connectivity index (χ3v) is 5.79. The first kappa shape index (κ1) is 24.3. The molecule has 8 nitrogen and oxygen atoms in total. The number of Topliss-reactive ketones (excluding diaryl/α,β-unsaturated/α-hetero) is 1. The van der Waals surface area contributed by atoms with Crippen molar-refractivity contribution in [2.45, 2.75) is 52.9 Å². The van der Waals surface area contributed by atoms with Gasteiger partial charge in [-0.15, -0.1) is 0 Å². The molecule has 5 rings (SSSR count). The molecule has 10 heteroatoms. The first-order valence-electron chi connectivity index (χ1n) is 11.6. The lowest BCUT2D eigenvalue weighted by atomic mass is 10.0. The molecule has 4 heterocycles. The van der Waals surface area contributed by atoms with E-state index >= 15 is 0 Å². The molecule has 1 N–H and O–H groups in total. The molecule has 182 valence electrons. The number of ketones is 1. The number of aryl methyl sites for hydroxylation is 1. The highest BCUT2D eigenvalue weighted by Crippen LogP contribution is 2.49. The quantitative estimate of drug-likeness (QED) is 0.378. The third kappa shape index (κ3) is 4.60. The van der Waals surface area contributed by atoms with Crippen LogP contribution in [0.1, 0.15) is 56.1 Å². The monoisotopic (exact) mass is 480 g/mol. The van der Waals surface area contributed by atoms with Crippen LogP contribution in [0.4, 0.5) is 14.6 Å². The van der Waals surface area contributed by atoms with Gasteiger partial charge in [0.2, 0.25) is 5.91 Å². The minimum atomic E-state index is -2.95. The smallest absolute Gasteiger partial charge is 0.260 e. The Morgan fingerprint density at radius 3 is 2.51 bits per heavy atom. The van der Waals surface area contributed by atoms with Crippen LogP contribution >= 0.6 is 0 Å². The van der Waals surface area contributed by atoms with Crippen molar-refractivity contribution in [3.63, 3.8) is 0 Å². The molecule has 0 radical (unpaired) electrons. The van der Waals surface area contributed by atoms with Crippen LogP contribution in [0.25, 0.3) is 27.7 Å². The highest BCUT2D eigenvalue weighted by atomic mass is 19.3. The molecule has 1 unspecified atom stereocenters. The van der Waals surface area contributed by atoms with Gasteiger partial charge in [0.25, 0.3) is 5.92 Å². The summed E-state index contributed by atoms with van der Waals surface area (Å²) in [5, 5.41) is 7.46. The summed E-state index contributed by atoms with van der Waals surface area (Å²) in [4.78, 5) is 37.2. The number of hydrogen-bond donors (Lipinski definition) is 1. The number of anilines is 1. The van der Waals surface area contributed by atoms with E-state index in [2.05, 4.69) is 25.4 Å². The molecule has 1 amide bonds. The summed E-state index contributed by atoms with van der Waals surface area (Å²) < 4.78 is 28.0. The Bertz CT molecular complexity index is 1430. The van der Waals surface area contributed by atoms with Crippen LogP contribution < -0.4 is 5.32 Å². The van der Waals surface area contributed by atoms with Gasteiger partial charge in [0, 0.05) is 47.8 Å². The SMILES string of the molecule is CC.CCCC(=O)c1cc(C)c(-c2cc3cnc(NC(=O)C4CC4(F)F)cc3n3ncnc23)cn1. The van der Waals surface area contributed by atoms with Gasteiger partial charge in [0.1, 0.15) is 23.8 Å². The number of rotatable bonds is 6. The maximum absolute atomic E-state index is 13.2. The van der Waals surface area contributed by atoms with E-state index in [0.29, 0.717) is 28.7 Å². The largest absolute Gasteiger partial charge is 0.310 e. The van der Waals surface area contributed by atoms with E-state index < -0.39 is 24.2 Å². The van der Waals surface area contributed by atoms with Gasteiger partial charge in [0.05, 0.1) is 5.52 Å². The molecule has 1 saturated carbocycles. The first-order chi connectivity index (χ1) is 16.8. The second-order valence-electron chi connectivity index (χ2n) is 8.25. The Labute approximate surface area is 200 Å². The number of carbonyl (C=O) groups is 2. The van der Waals surface area contributed by atoms with Crippen LogP contribution in [0.15, 0.2) is 36.9 Å². The van der Waals surface area contributed by atoms with E-state index in [4.69, 9.17) is 0 Å². The topological polar surface area (TPSA) is 102 Å². The number of pyridine rings is 3. The van der Waals surface area contributed by atoms with E-state index in [1.54, 1.807) is 29.0 Å². The highest BCUT2D eigenvalue weighted by Gasteiger charge is 2.61. The van der Waals surface area contributed by atoms with Crippen molar-refractivity contribution < 1.29 is 18.4 Å². The zero-order valence-electron chi connectivity index (χ0n) is 20.0. The molecule has 0 bridgehead atoms. The van der Waals surface area contributed by atoms with Crippen molar-refractivity contribution in [2.75, 3.05) is 5.32 Å². The van der Waals surface area contributed by atoms with Crippen LogP contribution in [0.5, 0.6) is 0 Å². The molecule has 1 aliphatic rings. The van der Waals surface area contributed by atoms with Crippen molar-refractivity contribution in [3.8, 4) is 11.1 Å². The van der Waals surface area contributed by atoms with Crippen molar-refractivity contribution in [2.24, 2.45) is 5.92 Å². The fourth-order valence-electron chi connectivity index (χ4n) is 3.89. The van der Waals surface area contributed by atoms with Crippen LogP contribution in [-0.2, 0) is 4.79 Å². The van der Waals surface area contributed by atoms with Gasteiger partial charge in [0.15, 0.2) is 11.4 Å². The molecular weight excluding hydrogens is 454 g/mol. The lowest BCUT2D eigenvalue weighted by Gasteiger charge is -2.11. The van der Waals surface area contributed by atoms with Crippen LogP contribution in [0.3, 0.4) is 0 Å². The Kier molecular flexibility index (Phi) is 6.56. The van der Waals surface area contributed by atoms with E-state index in [1.807, 2.05) is 33.8 Å². The number of fused-ring (bicyclic) bond motifs is 3. The third-order valence-electron chi connectivity index (χ3n) is 5.79. The number of carbonyl (C=O) groups excluding carboxylic acids is 2. The number of nitrogens with zero attached hydrogens (tertiary/aromatic N) is 5. The molecule has 0 spiro atoms. The minimum absolute atomic E-state index is 0.000947. The van der Waals surface area contributed by atoms with E-state index in [0.717, 1.165) is 23.1 Å². The Hall–Kier alpha value is -3.82. The second-order valence-corrected chi connectivity index (χ2v) is 8.25. The molecule has 1 fully saturated rings. The molecule has 35 heavy (non-hydrogen) atoms. The van der Waals surface area contributed by atoms with E-state index in [-0.39, 0.29) is 11.6 Å². The molecule has 0 aromatic carbocycles. The van der Waals surface area contributed by atoms with Crippen molar-refractivity contribution >= 4 is 34.1 Å². The lowest BCUT2D eigenvalue weighted by Crippen LogP contribution is -2.18. The number of aromatic nitrogens is 5. The number of hydrogen-bond acceptors (Lipinski definition) is 6. The summed E-state index contributed by atoms with van der Waals surface area (Å²) >= 11 is 0. The van der Waals surface area contributed by atoms with Gasteiger partial charge in [-0.1, -0.05) is 20.8 Å². The summed E-state index contributed by atoms with van der Waals surface area (Å²) in [5.41, 5.74) is 4.03. The van der Waals surface area contributed by atoms with Crippen LogP contribution in [0.2, 0.25) is 0 Å². The summed E-state index contributed by atoms with van der Waals surface area (Å²) in [6, 6.07) is 5.23. The standard InChI is InChI=1S/C23H20F2N6O2.C2H6/c1-3-4-19(32)17-5-12(2)15(10-26-17)14-6-13-9-27-20(30-22(33)16-8-23(16,24)25)7-18(13)31-21(14)28-11-29-31;1-2/h5-7,9-11,16H,3-4,8H2,1-2H3,(H,27,30,33);1-2H3. The van der Waals surface area contributed by atoms with Gasteiger partial charge < -0.3 is 5.32 Å². The molecule has 1 atom stereocenters. The van der Waals surface area contributed by atoms with Crippen LogP contribution in [0, 0.1) is 12.8 Å². The second kappa shape index (κ2) is 9.44. The molecular formula is C25H26F2N6O2. The van der Waals surface area contributed by atoms with E-state index in [1.165, 1.54) is 6.33 Å². The fraction of sp³-hybridized carbons (Fsp3) is 0.360. The van der Waals surface area contributed by atoms with E-state index in [9.17, 15) is 18.4 Å². The fourth-order valence-corrected chi connectivity index (χ4v) is 3.89. The summed E-state index contributed by atoms with van der Waals surface area (Å²) in [7, 11) is 0. The Morgan fingerprint density at radius 1 is 1.11 bits per heavy atom. The van der Waals surface area contributed by atoms with Gasteiger partial charge >= 0.3 is 0 Å². The number of nitrogens with one attached hydrogen (secondary N) is 1. The predicted molar refractivity (Wildman–Crippen MR) is 129 cm³/mol. The van der Waals surface area contributed by atoms with Gasteiger partial charge in [-0.05, 0) is 31.0 Å². The molecule has 0 saturated heterocycles. The average molecular weight is 481 g/mol. The Morgan fingerprint density at radius 2 is 1.86 bits per heavy atom. The molecule has 4 aromatic heterocycles. The average Bonchev–Trinajstić information content (AvgIpc) is 3.24. The number of alkyl halides is 2. The van der Waals surface area contributed by atoms with Gasteiger partial charge in [-0.2, -0.15) is 5.10 Å². The van der Waals surface area contributed by atoms with Crippen molar-refractivity contribution in [1.29, 1.82) is 0 Å². The highest BCUT2D eigenvalue weighted by molar-refractivity contribution is 5.98. The lowest BCUT2D eigenvalue weighted by molar-refractivity contribution is -0.119.